The topological polar surface area (TPSA) is 46.1 Å². The molecule has 0 fully saturated rings. The van der Waals surface area contributed by atoms with E-state index in [0.29, 0.717) is 12.4 Å². The van der Waals surface area contributed by atoms with E-state index < -0.39 is 0 Å². The molecule has 1 aromatic heterocycles. The van der Waals surface area contributed by atoms with Gasteiger partial charge in [-0.15, -0.1) is 0 Å². The van der Waals surface area contributed by atoms with Crippen LogP contribution in [0.4, 0.5) is 5.95 Å². The van der Waals surface area contributed by atoms with Gasteiger partial charge in [0.2, 0.25) is 11.9 Å². The standard InChI is InChI=1S/C19H33N3O/c1-5-9-13-16-14-15-20-19(21-16)22(18(23)12-8-4)17(10-6-2)11-7-3/h14-15,17H,5-13H2,1-4H3. The number of aryl methyl sites for hydroxylation is 1. The monoisotopic (exact) mass is 319 g/mol. The molecule has 1 rings (SSSR count). The molecule has 0 saturated heterocycles. The summed E-state index contributed by atoms with van der Waals surface area (Å²) in [7, 11) is 0. The average Bonchev–Trinajstić information content (AvgIpc) is 2.54. The number of hydrogen-bond acceptors (Lipinski definition) is 3. The van der Waals surface area contributed by atoms with Crippen molar-refractivity contribution in [1.29, 1.82) is 0 Å². The summed E-state index contributed by atoms with van der Waals surface area (Å²) in [6, 6.07) is 2.18. The van der Waals surface area contributed by atoms with Crippen molar-refractivity contribution >= 4 is 11.9 Å². The largest absolute Gasteiger partial charge is 0.278 e. The van der Waals surface area contributed by atoms with Crippen LogP contribution in [0.2, 0.25) is 0 Å². The molecule has 0 aliphatic heterocycles. The lowest BCUT2D eigenvalue weighted by atomic mass is 10.0. The molecule has 4 heteroatoms. The van der Waals surface area contributed by atoms with Crippen LogP contribution in [0, 0.1) is 0 Å². The van der Waals surface area contributed by atoms with Gasteiger partial charge in [-0.2, -0.15) is 0 Å². The maximum absolute atomic E-state index is 12.7. The highest BCUT2D eigenvalue weighted by Gasteiger charge is 2.26. The number of rotatable bonds is 11. The first-order valence-corrected chi connectivity index (χ1v) is 9.31. The van der Waals surface area contributed by atoms with E-state index in [1.54, 1.807) is 6.20 Å². The van der Waals surface area contributed by atoms with Crippen molar-refractivity contribution in [2.75, 3.05) is 4.90 Å². The van der Waals surface area contributed by atoms with Crippen LogP contribution in [0.15, 0.2) is 12.3 Å². The van der Waals surface area contributed by atoms with Gasteiger partial charge < -0.3 is 0 Å². The molecule has 0 atom stereocenters. The second-order valence-electron chi connectivity index (χ2n) is 6.20. The Morgan fingerprint density at radius 3 is 2.35 bits per heavy atom. The number of amides is 1. The minimum Gasteiger partial charge on any atom is -0.278 e. The Hall–Kier alpha value is -1.45. The van der Waals surface area contributed by atoms with E-state index in [4.69, 9.17) is 4.98 Å². The summed E-state index contributed by atoms with van der Waals surface area (Å²) in [6.07, 6.45) is 10.6. The summed E-state index contributed by atoms with van der Waals surface area (Å²) in [4.78, 5) is 23.7. The van der Waals surface area contributed by atoms with Crippen LogP contribution >= 0.6 is 0 Å². The fourth-order valence-electron chi connectivity index (χ4n) is 2.88. The predicted octanol–water partition coefficient (Wildman–Crippen LogP) is 4.92. The third-order valence-electron chi connectivity index (χ3n) is 4.04. The first kappa shape index (κ1) is 19.6. The van der Waals surface area contributed by atoms with E-state index in [9.17, 15) is 4.79 Å². The minimum absolute atomic E-state index is 0.159. The second-order valence-corrected chi connectivity index (χ2v) is 6.20. The summed E-state index contributed by atoms with van der Waals surface area (Å²) in [5, 5.41) is 0. The van der Waals surface area contributed by atoms with E-state index >= 15 is 0 Å². The highest BCUT2D eigenvalue weighted by Crippen LogP contribution is 2.21. The first-order chi connectivity index (χ1) is 11.2. The Bertz CT molecular complexity index is 456. The number of anilines is 1. The average molecular weight is 319 g/mol. The first-order valence-electron chi connectivity index (χ1n) is 9.31. The number of hydrogen-bond donors (Lipinski definition) is 0. The quantitative estimate of drug-likeness (QED) is 0.581. The third-order valence-corrected chi connectivity index (χ3v) is 4.04. The molecule has 130 valence electrons. The van der Waals surface area contributed by atoms with Gasteiger partial charge in [0.25, 0.3) is 0 Å². The summed E-state index contributed by atoms with van der Waals surface area (Å²) < 4.78 is 0. The van der Waals surface area contributed by atoms with E-state index in [1.807, 2.05) is 17.9 Å². The smallest absolute Gasteiger partial charge is 0.232 e. The number of carbonyl (C=O) groups is 1. The minimum atomic E-state index is 0.159. The number of unbranched alkanes of at least 4 members (excludes halogenated alkanes) is 1. The molecule has 0 spiro atoms. The molecule has 1 heterocycles. The second kappa shape index (κ2) is 11.1. The molecule has 1 amide bonds. The van der Waals surface area contributed by atoms with Crippen LogP contribution in [-0.2, 0) is 11.2 Å². The Labute approximate surface area is 141 Å². The molecule has 0 N–H and O–H groups in total. The lowest BCUT2D eigenvalue weighted by molar-refractivity contribution is -0.119. The van der Waals surface area contributed by atoms with Crippen molar-refractivity contribution in [2.24, 2.45) is 0 Å². The zero-order chi connectivity index (χ0) is 17.1. The molecular formula is C19H33N3O. The molecule has 0 saturated carbocycles. The maximum Gasteiger partial charge on any atom is 0.232 e. The lowest BCUT2D eigenvalue weighted by Crippen LogP contribution is -2.41. The van der Waals surface area contributed by atoms with Gasteiger partial charge in [0.15, 0.2) is 0 Å². The van der Waals surface area contributed by atoms with Crippen LogP contribution in [0.3, 0.4) is 0 Å². The van der Waals surface area contributed by atoms with E-state index in [0.717, 1.165) is 57.1 Å². The summed E-state index contributed by atoms with van der Waals surface area (Å²) in [5.74, 6) is 0.760. The zero-order valence-electron chi connectivity index (χ0n) is 15.3. The van der Waals surface area contributed by atoms with Gasteiger partial charge in [-0.05, 0) is 38.2 Å². The fourth-order valence-corrected chi connectivity index (χ4v) is 2.88. The van der Waals surface area contributed by atoms with Crippen molar-refractivity contribution in [3.05, 3.63) is 18.0 Å². The van der Waals surface area contributed by atoms with Crippen molar-refractivity contribution in [3.63, 3.8) is 0 Å². The van der Waals surface area contributed by atoms with Crippen LogP contribution in [-0.4, -0.2) is 21.9 Å². The van der Waals surface area contributed by atoms with Gasteiger partial charge in [0.05, 0.1) is 0 Å². The SMILES string of the molecule is CCCCc1ccnc(N(C(=O)CCC)C(CCC)CCC)n1. The highest BCUT2D eigenvalue weighted by atomic mass is 16.2. The van der Waals surface area contributed by atoms with Gasteiger partial charge in [0.1, 0.15) is 0 Å². The van der Waals surface area contributed by atoms with Gasteiger partial charge in [0, 0.05) is 24.4 Å². The number of aromatic nitrogens is 2. The molecule has 0 aromatic carbocycles. The van der Waals surface area contributed by atoms with Gasteiger partial charge in [-0.25, -0.2) is 9.97 Å². The Morgan fingerprint density at radius 1 is 1.09 bits per heavy atom. The normalized spacial score (nSPS) is 11.0. The lowest BCUT2D eigenvalue weighted by Gasteiger charge is -2.30. The van der Waals surface area contributed by atoms with E-state index in [1.165, 1.54) is 0 Å². The maximum atomic E-state index is 12.7. The van der Waals surface area contributed by atoms with E-state index in [2.05, 4.69) is 25.8 Å². The van der Waals surface area contributed by atoms with Crippen LogP contribution < -0.4 is 4.90 Å². The molecular weight excluding hydrogens is 286 g/mol. The van der Waals surface area contributed by atoms with Gasteiger partial charge >= 0.3 is 0 Å². The van der Waals surface area contributed by atoms with Crippen LogP contribution in [0.5, 0.6) is 0 Å². The number of carbonyl (C=O) groups excluding carboxylic acids is 1. The molecule has 23 heavy (non-hydrogen) atoms. The Kier molecular flexibility index (Phi) is 9.49. The molecule has 0 unspecified atom stereocenters. The summed E-state index contributed by atoms with van der Waals surface area (Å²) >= 11 is 0. The molecule has 0 aliphatic carbocycles. The summed E-state index contributed by atoms with van der Waals surface area (Å²) in [6.45, 7) is 8.56. The van der Waals surface area contributed by atoms with Gasteiger partial charge in [-0.1, -0.05) is 47.0 Å². The number of nitrogens with zero attached hydrogens (tertiary/aromatic N) is 3. The van der Waals surface area contributed by atoms with Crippen LogP contribution in [0.25, 0.3) is 0 Å². The van der Waals surface area contributed by atoms with Crippen molar-refractivity contribution < 1.29 is 4.79 Å². The highest BCUT2D eigenvalue weighted by molar-refractivity contribution is 5.92. The Balaban J connectivity index is 3.08. The van der Waals surface area contributed by atoms with E-state index in [-0.39, 0.29) is 11.9 Å². The predicted molar refractivity (Wildman–Crippen MR) is 96.6 cm³/mol. The summed E-state index contributed by atoms with van der Waals surface area (Å²) in [5.41, 5.74) is 1.04. The molecule has 0 bridgehead atoms. The molecule has 1 aromatic rings. The van der Waals surface area contributed by atoms with Crippen molar-refractivity contribution in [1.82, 2.24) is 9.97 Å². The van der Waals surface area contributed by atoms with Crippen LogP contribution in [0.1, 0.15) is 84.8 Å². The fraction of sp³-hybridized carbons (Fsp3) is 0.737. The molecule has 0 aliphatic rings. The molecule has 0 radical (unpaired) electrons. The third kappa shape index (κ3) is 6.28. The van der Waals surface area contributed by atoms with Gasteiger partial charge in [-0.3, -0.25) is 9.69 Å². The van der Waals surface area contributed by atoms with Crippen molar-refractivity contribution in [2.45, 2.75) is 91.5 Å². The zero-order valence-corrected chi connectivity index (χ0v) is 15.3. The Morgan fingerprint density at radius 2 is 1.78 bits per heavy atom. The van der Waals surface area contributed by atoms with Crippen molar-refractivity contribution in [3.8, 4) is 0 Å². The molecule has 4 nitrogen and oxygen atoms in total.